The number of nitrogens with zero attached hydrogens (tertiary/aromatic N) is 1. The van der Waals surface area contributed by atoms with E-state index in [2.05, 4.69) is 0 Å². The van der Waals surface area contributed by atoms with Gasteiger partial charge in [0.2, 0.25) is 10.0 Å². The molecule has 21 heavy (non-hydrogen) atoms. The van der Waals surface area contributed by atoms with Crippen LogP contribution in [0.3, 0.4) is 0 Å². The summed E-state index contributed by atoms with van der Waals surface area (Å²) in [4.78, 5) is -0.571. The van der Waals surface area contributed by atoms with E-state index in [1.807, 2.05) is 0 Å². The van der Waals surface area contributed by atoms with Gasteiger partial charge in [-0.15, -0.1) is 11.6 Å². The molecule has 1 aromatic rings. The fraction of sp³-hybridized carbons (Fsp3) is 0.538. The van der Waals surface area contributed by atoms with E-state index in [9.17, 15) is 17.2 Å². The van der Waals surface area contributed by atoms with Crippen LogP contribution >= 0.6 is 11.6 Å². The lowest BCUT2D eigenvalue weighted by Gasteiger charge is -2.21. The first kappa shape index (κ1) is 18.3. The van der Waals surface area contributed by atoms with Gasteiger partial charge in [0.25, 0.3) is 0 Å². The van der Waals surface area contributed by atoms with Crippen molar-refractivity contribution in [3.05, 3.63) is 29.3 Å². The van der Waals surface area contributed by atoms with Gasteiger partial charge in [-0.1, -0.05) is 6.92 Å². The smallest absolute Gasteiger partial charge is 0.246 e. The van der Waals surface area contributed by atoms with E-state index < -0.39 is 38.0 Å². The van der Waals surface area contributed by atoms with Crippen LogP contribution < -0.4 is 0 Å². The number of benzene rings is 1. The molecule has 0 aliphatic carbocycles. The number of ether oxygens (including phenoxy) is 1. The molecule has 0 amide bonds. The molecule has 120 valence electrons. The zero-order valence-electron chi connectivity index (χ0n) is 11.9. The first-order chi connectivity index (χ1) is 9.89. The van der Waals surface area contributed by atoms with E-state index in [4.69, 9.17) is 16.3 Å². The number of hydrogen-bond acceptors (Lipinski definition) is 3. The van der Waals surface area contributed by atoms with E-state index in [-0.39, 0.29) is 19.7 Å². The normalized spacial score (nSPS) is 12.1. The highest BCUT2D eigenvalue weighted by Crippen LogP contribution is 2.25. The maximum Gasteiger partial charge on any atom is 0.246 e. The lowest BCUT2D eigenvalue weighted by atomic mass is 10.2. The third kappa shape index (κ3) is 4.12. The second-order valence-electron chi connectivity index (χ2n) is 4.17. The van der Waals surface area contributed by atoms with Crippen LogP contribution in [-0.2, 0) is 20.6 Å². The van der Waals surface area contributed by atoms with E-state index >= 15 is 0 Å². The number of likely N-dealkylation sites (N-methyl/N-ethyl adjacent to an activating group) is 1. The van der Waals surface area contributed by atoms with Crippen LogP contribution in [0.15, 0.2) is 17.0 Å². The van der Waals surface area contributed by atoms with Crippen LogP contribution in [-0.4, -0.2) is 39.0 Å². The summed E-state index contributed by atoms with van der Waals surface area (Å²) in [5.74, 6) is -2.44. The molecule has 1 rings (SSSR count). The third-order valence-electron chi connectivity index (χ3n) is 2.94. The Labute approximate surface area is 128 Å². The Balaban J connectivity index is 3.17. The van der Waals surface area contributed by atoms with Crippen molar-refractivity contribution in [3.8, 4) is 0 Å². The average molecular weight is 342 g/mol. The number of hydrogen-bond donors (Lipinski definition) is 0. The van der Waals surface area contributed by atoms with Crippen LogP contribution in [0, 0.1) is 11.6 Å². The molecule has 0 aliphatic rings. The van der Waals surface area contributed by atoms with Crippen molar-refractivity contribution >= 4 is 21.6 Å². The van der Waals surface area contributed by atoms with Crippen LogP contribution in [0.4, 0.5) is 8.78 Å². The van der Waals surface area contributed by atoms with Gasteiger partial charge in [-0.05, 0) is 19.1 Å². The molecule has 1 aromatic carbocycles. The predicted octanol–water partition coefficient (Wildman–Crippen LogP) is 2.75. The molecule has 0 spiro atoms. The Hall–Kier alpha value is -0.760. The number of sulfonamides is 1. The third-order valence-corrected chi connectivity index (χ3v) is 5.20. The molecule has 0 aliphatic heterocycles. The molecular weight excluding hydrogens is 324 g/mol. The molecule has 0 fully saturated rings. The zero-order valence-corrected chi connectivity index (χ0v) is 13.5. The first-order valence-corrected chi connectivity index (χ1v) is 8.48. The number of alkyl halides is 1. The Morgan fingerprint density at radius 1 is 1.29 bits per heavy atom. The molecule has 0 bridgehead atoms. The molecule has 0 aromatic heterocycles. The van der Waals surface area contributed by atoms with Crippen molar-refractivity contribution in [2.75, 3.05) is 26.3 Å². The highest BCUT2D eigenvalue weighted by molar-refractivity contribution is 7.89. The van der Waals surface area contributed by atoms with Gasteiger partial charge in [0.05, 0.1) is 12.5 Å². The molecular formula is C13H18ClF2NO3S. The predicted molar refractivity (Wildman–Crippen MR) is 76.8 cm³/mol. The number of halogens is 3. The maximum absolute atomic E-state index is 14.2. The first-order valence-electron chi connectivity index (χ1n) is 6.50. The molecule has 8 heteroatoms. The fourth-order valence-corrected chi connectivity index (χ4v) is 3.56. The van der Waals surface area contributed by atoms with Crippen LogP contribution in [0.25, 0.3) is 0 Å². The SMILES string of the molecule is CCOCCN(CC)S(=O)(=O)c1ccc(F)c(CCl)c1F. The summed E-state index contributed by atoms with van der Waals surface area (Å²) < 4.78 is 58.6. The summed E-state index contributed by atoms with van der Waals surface area (Å²) in [6.07, 6.45) is 0. The van der Waals surface area contributed by atoms with Crippen molar-refractivity contribution in [3.63, 3.8) is 0 Å². The zero-order chi connectivity index (χ0) is 16.0. The Bertz CT molecular complexity index is 581. The largest absolute Gasteiger partial charge is 0.380 e. The minimum atomic E-state index is -4.06. The quantitative estimate of drug-likeness (QED) is 0.539. The maximum atomic E-state index is 14.2. The highest BCUT2D eigenvalue weighted by atomic mass is 35.5. The molecule has 0 unspecified atom stereocenters. The second kappa shape index (κ2) is 8.03. The van der Waals surface area contributed by atoms with E-state index in [1.54, 1.807) is 13.8 Å². The average Bonchev–Trinajstić information content (AvgIpc) is 2.43. The van der Waals surface area contributed by atoms with Crippen molar-refractivity contribution in [1.29, 1.82) is 0 Å². The van der Waals surface area contributed by atoms with Crippen molar-refractivity contribution in [2.24, 2.45) is 0 Å². The number of rotatable bonds is 8. The van der Waals surface area contributed by atoms with Gasteiger partial charge in [-0.25, -0.2) is 17.2 Å². The van der Waals surface area contributed by atoms with Crippen LogP contribution in [0.5, 0.6) is 0 Å². The summed E-state index contributed by atoms with van der Waals surface area (Å²) in [6.45, 7) is 4.33. The summed E-state index contributed by atoms with van der Waals surface area (Å²) in [6, 6.07) is 1.82. The molecule has 0 N–H and O–H groups in total. The molecule has 4 nitrogen and oxygen atoms in total. The molecule has 0 atom stereocenters. The van der Waals surface area contributed by atoms with Gasteiger partial charge in [0.1, 0.15) is 10.7 Å². The highest BCUT2D eigenvalue weighted by Gasteiger charge is 2.28. The molecule has 0 saturated carbocycles. The van der Waals surface area contributed by atoms with Gasteiger partial charge >= 0.3 is 0 Å². The van der Waals surface area contributed by atoms with E-state index in [0.717, 1.165) is 16.4 Å². The van der Waals surface area contributed by atoms with Crippen molar-refractivity contribution in [2.45, 2.75) is 24.6 Å². The summed E-state index contributed by atoms with van der Waals surface area (Å²) in [7, 11) is -4.06. The van der Waals surface area contributed by atoms with E-state index in [0.29, 0.717) is 6.61 Å². The van der Waals surface area contributed by atoms with Gasteiger partial charge in [-0.3, -0.25) is 0 Å². The standard InChI is InChI=1S/C13H18ClF2NO3S/c1-3-17(7-8-20-4-2)21(18,19)12-6-5-11(15)10(9-14)13(12)16/h5-6H,3-4,7-9H2,1-2H3. The molecule has 0 saturated heterocycles. The Morgan fingerprint density at radius 2 is 1.95 bits per heavy atom. The van der Waals surface area contributed by atoms with Crippen molar-refractivity contribution < 1.29 is 21.9 Å². The minimum absolute atomic E-state index is 0.0969. The lowest BCUT2D eigenvalue weighted by molar-refractivity contribution is 0.135. The monoisotopic (exact) mass is 341 g/mol. The molecule has 0 heterocycles. The van der Waals surface area contributed by atoms with Crippen molar-refractivity contribution in [1.82, 2.24) is 4.31 Å². The van der Waals surface area contributed by atoms with E-state index in [1.165, 1.54) is 0 Å². The topological polar surface area (TPSA) is 46.6 Å². The van der Waals surface area contributed by atoms with Crippen LogP contribution in [0.1, 0.15) is 19.4 Å². The van der Waals surface area contributed by atoms with Gasteiger partial charge in [-0.2, -0.15) is 4.31 Å². The molecule has 0 radical (unpaired) electrons. The minimum Gasteiger partial charge on any atom is -0.380 e. The summed E-state index contributed by atoms with van der Waals surface area (Å²) >= 11 is 5.47. The van der Waals surface area contributed by atoms with Gasteiger partial charge in [0, 0.05) is 25.3 Å². The Morgan fingerprint density at radius 3 is 2.48 bits per heavy atom. The van der Waals surface area contributed by atoms with Gasteiger partial charge < -0.3 is 4.74 Å². The fourth-order valence-electron chi connectivity index (χ4n) is 1.80. The lowest BCUT2D eigenvalue weighted by Crippen LogP contribution is -2.34. The summed E-state index contributed by atoms with van der Waals surface area (Å²) in [5.41, 5.74) is -0.446. The van der Waals surface area contributed by atoms with Crippen LogP contribution in [0.2, 0.25) is 0 Å². The second-order valence-corrected chi connectivity index (χ2v) is 6.34. The van der Waals surface area contributed by atoms with Gasteiger partial charge in [0.15, 0.2) is 5.82 Å². The Kier molecular flexibility index (Phi) is 6.99. The summed E-state index contributed by atoms with van der Waals surface area (Å²) in [5, 5.41) is 0.